The molecule has 2 bridgehead atoms. The normalized spacial score (nSPS) is 35.8. The number of rotatable bonds is 5. The van der Waals surface area contributed by atoms with E-state index in [1.807, 2.05) is 7.11 Å². The highest BCUT2D eigenvalue weighted by atomic mass is 16.5. The van der Waals surface area contributed by atoms with E-state index >= 15 is 0 Å². The van der Waals surface area contributed by atoms with Gasteiger partial charge in [-0.25, -0.2) is 0 Å². The zero-order valence-corrected chi connectivity index (χ0v) is 10.9. The predicted molar refractivity (Wildman–Crippen MR) is 67.0 cm³/mol. The molecule has 0 spiro atoms. The minimum atomic E-state index is 0.687. The molecule has 0 radical (unpaired) electrons. The second kappa shape index (κ2) is 5.25. The van der Waals surface area contributed by atoms with Crippen LogP contribution in [0.25, 0.3) is 0 Å². The molecule has 2 unspecified atom stereocenters. The molecule has 0 aromatic heterocycles. The lowest BCUT2D eigenvalue weighted by Crippen LogP contribution is -2.46. The van der Waals surface area contributed by atoms with E-state index < -0.39 is 0 Å². The molecule has 0 aromatic rings. The van der Waals surface area contributed by atoms with Crippen molar-refractivity contribution in [3.8, 4) is 0 Å². The van der Waals surface area contributed by atoms with Crippen LogP contribution in [0.3, 0.4) is 0 Å². The molecule has 3 aliphatic heterocycles. The van der Waals surface area contributed by atoms with E-state index in [0.717, 1.165) is 37.6 Å². The first kappa shape index (κ1) is 11.9. The summed E-state index contributed by atoms with van der Waals surface area (Å²) in [5, 5.41) is 0. The number of methoxy groups -OCH3 is 1. The standard InChI is InChI=1S/C14H25NO2/c1-16-9-13(12-3-4-12)7-15-6-11-2-5-14(15)10-17-8-11/h11-14H,2-10H2,1H3/t11?,13-,14?/m0/s1. The maximum absolute atomic E-state index is 5.76. The van der Waals surface area contributed by atoms with Gasteiger partial charge >= 0.3 is 0 Å². The molecule has 1 aliphatic carbocycles. The lowest BCUT2D eigenvalue weighted by molar-refractivity contribution is 0.0615. The Labute approximate surface area is 104 Å². The Morgan fingerprint density at radius 1 is 1.24 bits per heavy atom. The van der Waals surface area contributed by atoms with E-state index in [0.29, 0.717) is 6.04 Å². The fraction of sp³-hybridized carbons (Fsp3) is 1.00. The minimum absolute atomic E-state index is 0.687. The summed E-state index contributed by atoms with van der Waals surface area (Å²) in [6, 6.07) is 0.687. The van der Waals surface area contributed by atoms with Crippen molar-refractivity contribution in [3.05, 3.63) is 0 Å². The highest BCUT2D eigenvalue weighted by Gasteiger charge is 2.37. The van der Waals surface area contributed by atoms with Crippen LogP contribution >= 0.6 is 0 Å². The van der Waals surface area contributed by atoms with Gasteiger partial charge in [-0.2, -0.15) is 0 Å². The largest absolute Gasteiger partial charge is 0.384 e. The number of ether oxygens (including phenoxy) is 2. The molecule has 3 atom stereocenters. The first-order valence-corrected chi connectivity index (χ1v) is 7.17. The molecule has 1 saturated carbocycles. The Kier molecular flexibility index (Phi) is 3.69. The Morgan fingerprint density at radius 2 is 2.12 bits per heavy atom. The van der Waals surface area contributed by atoms with Crippen LogP contribution in [0.4, 0.5) is 0 Å². The van der Waals surface area contributed by atoms with Gasteiger partial charge in [0.1, 0.15) is 0 Å². The quantitative estimate of drug-likeness (QED) is 0.730. The number of hydrogen-bond donors (Lipinski definition) is 0. The van der Waals surface area contributed by atoms with Crippen molar-refractivity contribution in [2.24, 2.45) is 17.8 Å². The van der Waals surface area contributed by atoms with Gasteiger partial charge in [0, 0.05) is 26.2 Å². The second-order valence-corrected chi connectivity index (χ2v) is 6.14. The number of piperidine rings is 1. The SMILES string of the molecule is COC[C@H](CN1CC2CCC1COC2)C1CC1. The van der Waals surface area contributed by atoms with E-state index in [-0.39, 0.29) is 0 Å². The van der Waals surface area contributed by atoms with E-state index in [1.165, 1.54) is 38.8 Å². The number of nitrogens with zero attached hydrogens (tertiary/aromatic N) is 1. The number of hydrogen-bond acceptors (Lipinski definition) is 3. The molecule has 3 saturated heterocycles. The van der Waals surface area contributed by atoms with Crippen molar-refractivity contribution in [2.45, 2.75) is 31.7 Å². The zero-order valence-electron chi connectivity index (χ0n) is 10.9. The average molecular weight is 239 g/mol. The second-order valence-electron chi connectivity index (χ2n) is 6.14. The third kappa shape index (κ3) is 2.83. The molecule has 4 aliphatic rings. The summed E-state index contributed by atoms with van der Waals surface area (Å²) < 4.78 is 11.2. The third-order valence-corrected chi connectivity index (χ3v) is 4.72. The summed E-state index contributed by atoms with van der Waals surface area (Å²) >= 11 is 0. The van der Waals surface area contributed by atoms with Crippen molar-refractivity contribution in [2.75, 3.05) is 40.0 Å². The van der Waals surface area contributed by atoms with Gasteiger partial charge in [-0.15, -0.1) is 0 Å². The van der Waals surface area contributed by atoms with Crippen LogP contribution < -0.4 is 0 Å². The van der Waals surface area contributed by atoms with Gasteiger partial charge in [0.25, 0.3) is 0 Å². The maximum Gasteiger partial charge on any atom is 0.0621 e. The van der Waals surface area contributed by atoms with Gasteiger partial charge in [-0.3, -0.25) is 4.90 Å². The Morgan fingerprint density at radius 3 is 2.88 bits per heavy atom. The molecule has 0 aromatic carbocycles. The summed E-state index contributed by atoms with van der Waals surface area (Å²) in [6.07, 6.45) is 5.56. The van der Waals surface area contributed by atoms with Crippen molar-refractivity contribution in [1.29, 1.82) is 0 Å². The lowest BCUT2D eigenvalue weighted by Gasteiger charge is -2.37. The highest BCUT2D eigenvalue weighted by Crippen LogP contribution is 2.38. The molecular weight excluding hydrogens is 214 g/mol. The topological polar surface area (TPSA) is 21.7 Å². The van der Waals surface area contributed by atoms with Crippen LogP contribution in [-0.2, 0) is 9.47 Å². The van der Waals surface area contributed by atoms with E-state index in [2.05, 4.69) is 4.90 Å². The molecular formula is C14H25NO2. The van der Waals surface area contributed by atoms with Crippen LogP contribution in [0.1, 0.15) is 25.7 Å². The Balaban J connectivity index is 1.59. The van der Waals surface area contributed by atoms with Crippen LogP contribution in [0.15, 0.2) is 0 Å². The van der Waals surface area contributed by atoms with E-state index in [4.69, 9.17) is 9.47 Å². The zero-order chi connectivity index (χ0) is 11.7. The fourth-order valence-electron chi connectivity index (χ4n) is 3.52. The van der Waals surface area contributed by atoms with Gasteiger partial charge in [0.2, 0.25) is 0 Å². The first-order valence-electron chi connectivity index (χ1n) is 7.17. The molecule has 3 heteroatoms. The van der Waals surface area contributed by atoms with Crippen molar-refractivity contribution < 1.29 is 9.47 Å². The average Bonchev–Trinajstić information content (AvgIpc) is 3.17. The monoisotopic (exact) mass is 239 g/mol. The number of fused-ring (bicyclic) bond motifs is 4. The molecule has 98 valence electrons. The molecule has 3 heterocycles. The van der Waals surface area contributed by atoms with Crippen molar-refractivity contribution in [3.63, 3.8) is 0 Å². The minimum Gasteiger partial charge on any atom is -0.384 e. The third-order valence-electron chi connectivity index (χ3n) is 4.72. The van der Waals surface area contributed by atoms with Crippen LogP contribution in [-0.4, -0.2) is 51.0 Å². The fourth-order valence-corrected chi connectivity index (χ4v) is 3.52. The Bertz CT molecular complexity index is 251. The highest BCUT2D eigenvalue weighted by molar-refractivity contribution is 4.89. The van der Waals surface area contributed by atoms with Crippen molar-refractivity contribution >= 4 is 0 Å². The Hall–Kier alpha value is -0.120. The molecule has 4 rings (SSSR count). The predicted octanol–water partition coefficient (Wildman–Crippen LogP) is 1.77. The smallest absolute Gasteiger partial charge is 0.0621 e. The molecule has 17 heavy (non-hydrogen) atoms. The van der Waals surface area contributed by atoms with Gasteiger partial charge < -0.3 is 9.47 Å². The van der Waals surface area contributed by atoms with Crippen LogP contribution in [0.2, 0.25) is 0 Å². The van der Waals surface area contributed by atoms with E-state index in [1.54, 1.807) is 0 Å². The van der Waals surface area contributed by atoms with Gasteiger partial charge in [-0.05, 0) is 43.4 Å². The summed E-state index contributed by atoms with van der Waals surface area (Å²) in [5.74, 6) is 2.49. The van der Waals surface area contributed by atoms with Gasteiger partial charge in [-0.1, -0.05) is 0 Å². The maximum atomic E-state index is 5.76. The molecule has 3 nitrogen and oxygen atoms in total. The molecule has 4 fully saturated rings. The van der Waals surface area contributed by atoms with Gasteiger partial charge in [0.05, 0.1) is 19.8 Å². The first-order chi connectivity index (χ1) is 8.36. The lowest BCUT2D eigenvalue weighted by atomic mass is 9.93. The molecule has 0 N–H and O–H groups in total. The van der Waals surface area contributed by atoms with Gasteiger partial charge in [0.15, 0.2) is 0 Å². The van der Waals surface area contributed by atoms with Crippen LogP contribution in [0, 0.1) is 17.8 Å². The summed E-state index contributed by atoms with van der Waals surface area (Å²) in [7, 11) is 1.84. The van der Waals surface area contributed by atoms with E-state index in [9.17, 15) is 0 Å². The summed E-state index contributed by atoms with van der Waals surface area (Å²) in [5.41, 5.74) is 0. The van der Waals surface area contributed by atoms with Crippen LogP contribution in [0.5, 0.6) is 0 Å². The summed E-state index contributed by atoms with van der Waals surface area (Å²) in [4.78, 5) is 2.70. The summed E-state index contributed by atoms with van der Waals surface area (Å²) in [6.45, 7) is 5.40. The van der Waals surface area contributed by atoms with Crippen molar-refractivity contribution in [1.82, 2.24) is 4.90 Å². The molecule has 0 amide bonds.